The van der Waals surface area contributed by atoms with Gasteiger partial charge in [-0.3, -0.25) is 5.01 Å². The maximum Gasteiger partial charge on any atom is 0.161 e. The number of hydrazone groups is 1. The van der Waals surface area contributed by atoms with Crippen molar-refractivity contribution in [2.45, 2.75) is 12.5 Å². The second-order valence-electron chi connectivity index (χ2n) is 7.13. The highest BCUT2D eigenvalue weighted by atomic mass is 16.5. The van der Waals surface area contributed by atoms with Crippen molar-refractivity contribution in [3.05, 3.63) is 77.9 Å². The molecule has 6 nitrogen and oxygen atoms in total. The first-order valence-electron chi connectivity index (χ1n) is 10.0. The summed E-state index contributed by atoms with van der Waals surface area (Å²) in [6.07, 6.45) is 0.736. The first kappa shape index (κ1) is 20.6. The molecule has 4 rings (SSSR count). The Bertz CT molecular complexity index is 1080. The van der Waals surface area contributed by atoms with E-state index in [9.17, 15) is 0 Å². The van der Waals surface area contributed by atoms with Gasteiger partial charge in [0.2, 0.25) is 0 Å². The summed E-state index contributed by atoms with van der Waals surface area (Å²) in [5.74, 6) is 2.79. The lowest BCUT2D eigenvalue weighted by Crippen LogP contribution is -2.18. The fourth-order valence-electron chi connectivity index (χ4n) is 3.84. The summed E-state index contributed by atoms with van der Waals surface area (Å²) in [5, 5.41) is 7.06. The molecular weight excluding hydrogens is 392 g/mol. The van der Waals surface area contributed by atoms with E-state index in [1.54, 1.807) is 28.4 Å². The average Bonchev–Trinajstić information content (AvgIpc) is 3.29. The van der Waals surface area contributed by atoms with Gasteiger partial charge in [-0.05, 0) is 48.0 Å². The van der Waals surface area contributed by atoms with Crippen LogP contribution in [0, 0.1) is 0 Å². The van der Waals surface area contributed by atoms with Gasteiger partial charge in [-0.15, -0.1) is 0 Å². The Kier molecular flexibility index (Phi) is 5.98. The van der Waals surface area contributed by atoms with Crippen molar-refractivity contribution in [3.63, 3.8) is 0 Å². The largest absolute Gasteiger partial charge is 0.493 e. The van der Waals surface area contributed by atoms with Crippen molar-refractivity contribution in [2.75, 3.05) is 33.4 Å². The standard InChI is InChI=1S/C25H26N2O4/c1-28-22-12-10-17(14-24(22)30-3)20-16-21(27(26-20)19-8-6-5-7-9-19)18-11-13-23(29-2)25(15-18)31-4/h5-15,21H,16H2,1-4H3. The molecule has 31 heavy (non-hydrogen) atoms. The fourth-order valence-corrected chi connectivity index (χ4v) is 3.84. The van der Waals surface area contributed by atoms with Gasteiger partial charge in [0.25, 0.3) is 0 Å². The Hall–Kier alpha value is -3.67. The molecule has 1 heterocycles. The molecule has 1 atom stereocenters. The molecule has 3 aromatic rings. The summed E-state index contributed by atoms with van der Waals surface area (Å²) < 4.78 is 21.8. The molecule has 0 bridgehead atoms. The van der Waals surface area contributed by atoms with Gasteiger partial charge in [-0.2, -0.15) is 5.10 Å². The molecule has 1 aliphatic rings. The third-order valence-electron chi connectivity index (χ3n) is 5.44. The molecular formula is C25H26N2O4. The topological polar surface area (TPSA) is 52.5 Å². The highest BCUT2D eigenvalue weighted by Gasteiger charge is 2.31. The van der Waals surface area contributed by atoms with E-state index in [1.807, 2.05) is 48.5 Å². The molecule has 0 aliphatic carbocycles. The molecule has 0 radical (unpaired) electrons. The van der Waals surface area contributed by atoms with Gasteiger partial charge in [0, 0.05) is 12.0 Å². The van der Waals surface area contributed by atoms with Crippen LogP contribution in [0.4, 0.5) is 5.69 Å². The fraction of sp³-hybridized carbons (Fsp3) is 0.240. The van der Waals surface area contributed by atoms with Crippen molar-refractivity contribution < 1.29 is 18.9 Å². The quantitative estimate of drug-likeness (QED) is 0.536. The zero-order valence-corrected chi connectivity index (χ0v) is 18.2. The van der Waals surface area contributed by atoms with Gasteiger partial charge in [0.15, 0.2) is 23.0 Å². The summed E-state index contributed by atoms with van der Waals surface area (Å²) in [6, 6.07) is 22.1. The molecule has 0 fully saturated rings. The third-order valence-corrected chi connectivity index (χ3v) is 5.44. The van der Waals surface area contributed by atoms with Gasteiger partial charge in [0.05, 0.1) is 45.9 Å². The monoisotopic (exact) mass is 418 g/mol. The van der Waals surface area contributed by atoms with Crippen LogP contribution in [0.5, 0.6) is 23.0 Å². The van der Waals surface area contributed by atoms with Crippen LogP contribution in [0.15, 0.2) is 71.8 Å². The Morgan fingerprint density at radius 1 is 0.710 bits per heavy atom. The first-order valence-corrected chi connectivity index (χ1v) is 10.0. The summed E-state index contributed by atoms with van der Waals surface area (Å²) in [5.41, 5.74) is 4.10. The number of benzene rings is 3. The average molecular weight is 418 g/mol. The van der Waals surface area contributed by atoms with Crippen LogP contribution >= 0.6 is 0 Å². The van der Waals surface area contributed by atoms with E-state index >= 15 is 0 Å². The van der Waals surface area contributed by atoms with Crippen LogP contribution in [-0.4, -0.2) is 34.2 Å². The van der Waals surface area contributed by atoms with E-state index in [0.29, 0.717) is 23.0 Å². The second kappa shape index (κ2) is 9.00. The van der Waals surface area contributed by atoms with E-state index in [2.05, 4.69) is 23.2 Å². The Morgan fingerprint density at radius 2 is 1.32 bits per heavy atom. The summed E-state index contributed by atoms with van der Waals surface area (Å²) in [4.78, 5) is 0. The summed E-state index contributed by atoms with van der Waals surface area (Å²) in [6.45, 7) is 0. The van der Waals surface area contributed by atoms with Gasteiger partial charge in [-0.25, -0.2) is 0 Å². The van der Waals surface area contributed by atoms with Crippen molar-refractivity contribution in [1.82, 2.24) is 0 Å². The molecule has 0 saturated carbocycles. The van der Waals surface area contributed by atoms with Crippen molar-refractivity contribution >= 4 is 11.4 Å². The Balaban J connectivity index is 1.75. The lowest BCUT2D eigenvalue weighted by molar-refractivity contribution is 0.354. The summed E-state index contributed by atoms with van der Waals surface area (Å²) >= 11 is 0. The third kappa shape index (κ3) is 4.01. The van der Waals surface area contributed by atoms with Gasteiger partial charge < -0.3 is 18.9 Å². The minimum Gasteiger partial charge on any atom is -0.493 e. The van der Waals surface area contributed by atoms with Gasteiger partial charge in [0.1, 0.15) is 0 Å². The zero-order valence-electron chi connectivity index (χ0n) is 18.2. The molecule has 0 spiro atoms. The van der Waals surface area contributed by atoms with Gasteiger partial charge >= 0.3 is 0 Å². The highest BCUT2D eigenvalue weighted by Crippen LogP contribution is 2.40. The number of hydrogen-bond acceptors (Lipinski definition) is 6. The number of rotatable bonds is 7. The van der Waals surface area contributed by atoms with Crippen LogP contribution in [0.2, 0.25) is 0 Å². The minimum atomic E-state index is 0.0188. The SMILES string of the molecule is COc1ccc(C2=NN(c3ccccc3)C(c3ccc(OC)c(OC)c3)C2)cc1OC. The maximum atomic E-state index is 5.53. The second-order valence-corrected chi connectivity index (χ2v) is 7.13. The maximum absolute atomic E-state index is 5.53. The number of para-hydroxylation sites is 1. The first-order chi connectivity index (χ1) is 15.2. The smallest absolute Gasteiger partial charge is 0.161 e. The molecule has 6 heteroatoms. The minimum absolute atomic E-state index is 0.0188. The predicted molar refractivity (Wildman–Crippen MR) is 122 cm³/mol. The summed E-state index contributed by atoms with van der Waals surface area (Å²) in [7, 11) is 6.56. The molecule has 1 aliphatic heterocycles. The van der Waals surface area contributed by atoms with E-state index in [1.165, 1.54) is 0 Å². The molecule has 0 aromatic heterocycles. The Morgan fingerprint density at radius 3 is 1.97 bits per heavy atom. The molecule has 160 valence electrons. The van der Waals surface area contributed by atoms with Crippen molar-refractivity contribution in [1.29, 1.82) is 0 Å². The number of anilines is 1. The van der Waals surface area contributed by atoms with E-state index in [-0.39, 0.29) is 6.04 Å². The lowest BCUT2D eigenvalue weighted by atomic mass is 9.97. The molecule has 0 amide bonds. The predicted octanol–water partition coefficient (Wildman–Crippen LogP) is 5.08. The van der Waals surface area contributed by atoms with Crippen LogP contribution in [0.3, 0.4) is 0 Å². The van der Waals surface area contributed by atoms with E-state index in [4.69, 9.17) is 24.0 Å². The molecule has 3 aromatic carbocycles. The highest BCUT2D eigenvalue weighted by molar-refractivity contribution is 6.03. The molecule has 0 saturated heterocycles. The number of methoxy groups -OCH3 is 4. The van der Waals surface area contributed by atoms with Crippen LogP contribution in [0.25, 0.3) is 0 Å². The number of nitrogens with zero attached hydrogens (tertiary/aromatic N) is 2. The zero-order chi connectivity index (χ0) is 21.8. The van der Waals surface area contributed by atoms with Crippen LogP contribution < -0.4 is 24.0 Å². The van der Waals surface area contributed by atoms with Crippen LogP contribution in [0.1, 0.15) is 23.6 Å². The van der Waals surface area contributed by atoms with Crippen molar-refractivity contribution in [3.8, 4) is 23.0 Å². The Labute approximate surface area is 182 Å². The van der Waals surface area contributed by atoms with Crippen molar-refractivity contribution in [2.24, 2.45) is 5.10 Å². The van der Waals surface area contributed by atoms with E-state index < -0.39 is 0 Å². The number of ether oxygens (including phenoxy) is 4. The van der Waals surface area contributed by atoms with E-state index in [0.717, 1.165) is 28.9 Å². The normalized spacial score (nSPS) is 15.4. The molecule has 1 unspecified atom stereocenters. The van der Waals surface area contributed by atoms with Crippen LogP contribution in [-0.2, 0) is 0 Å². The van der Waals surface area contributed by atoms with Gasteiger partial charge in [-0.1, -0.05) is 24.3 Å². The number of hydrogen-bond donors (Lipinski definition) is 0. The lowest BCUT2D eigenvalue weighted by Gasteiger charge is -2.24. The molecule has 0 N–H and O–H groups in total.